The van der Waals surface area contributed by atoms with E-state index in [0.29, 0.717) is 5.56 Å². The minimum atomic E-state index is -5.41. The number of halogens is 3. The van der Waals surface area contributed by atoms with Crippen LogP contribution in [0.25, 0.3) is 0 Å². The molecule has 0 saturated heterocycles. The Labute approximate surface area is 96.1 Å². The van der Waals surface area contributed by atoms with Gasteiger partial charge in [0.1, 0.15) is 0 Å². The van der Waals surface area contributed by atoms with Gasteiger partial charge in [0, 0.05) is 6.54 Å². The first-order valence-electron chi connectivity index (χ1n) is 4.53. The van der Waals surface area contributed by atoms with Crippen molar-refractivity contribution in [3.8, 4) is 0 Å². The van der Waals surface area contributed by atoms with Gasteiger partial charge in [-0.15, -0.1) is 0 Å². The topological polar surface area (TPSA) is 66.4 Å². The molecule has 0 aliphatic rings. The fourth-order valence-corrected chi connectivity index (χ4v) is 1.60. The fraction of sp³-hybridized carbons (Fsp3) is 0.333. The summed E-state index contributed by atoms with van der Waals surface area (Å²) in [7, 11) is -5.41. The molecular weight excluding hydrogens is 259 g/mol. The highest BCUT2D eigenvalue weighted by Crippen LogP contribution is 2.22. The third-order valence-electron chi connectivity index (χ3n) is 1.96. The third-order valence-corrected chi connectivity index (χ3v) is 3.11. The summed E-state index contributed by atoms with van der Waals surface area (Å²) < 4.78 is 58.4. The van der Waals surface area contributed by atoms with Crippen LogP contribution < -0.4 is 4.72 Å². The molecule has 0 aromatic heterocycles. The first-order valence-corrected chi connectivity index (χ1v) is 6.01. The second-order valence-electron chi connectivity index (χ2n) is 3.22. The Morgan fingerprint density at radius 2 is 1.76 bits per heavy atom. The lowest BCUT2D eigenvalue weighted by Gasteiger charge is -2.13. The molecule has 0 aliphatic heterocycles. The summed E-state index contributed by atoms with van der Waals surface area (Å²) in [6, 6.07) is 7.78. The highest BCUT2D eigenvalue weighted by atomic mass is 32.2. The second-order valence-corrected chi connectivity index (χ2v) is 4.98. The minimum absolute atomic E-state index is 0.331. The molecule has 1 unspecified atom stereocenters. The molecule has 0 heterocycles. The van der Waals surface area contributed by atoms with Crippen LogP contribution in [0.15, 0.2) is 30.3 Å². The van der Waals surface area contributed by atoms with Crippen molar-refractivity contribution in [1.29, 1.82) is 0 Å². The number of benzene rings is 1. The SMILES string of the molecule is O=S(=O)(NCC(O)c1ccccc1)C(F)(F)F. The summed E-state index contributed by atoms with van der Waals surface area (Å²) in [6.45, 7) is -0.730. The molecule has 2 N–H and O–H groups in total. The summed E-state index contributed by atoms with van der Waals surface area (Å²) in [4.78, 5) is 0. The van der Waals surface area contributed by atoms with Crippen LogP contribution in [0.3, 0.4) is 0 Å². The van der Waals surface area contributed by atoms with Gasteiger partial charge in [0.15, 0.2) is 0 Å². The number of nitrogens with one attached hydrogen (secondary N) is 1. The van der Waals surface area contributed by atoms with E-state index in [9.17, 15) is 26.7 Å². The zero-order chi connectivity index (χ0) is 13.1. The van der Waals surface area contributed by atoms with E-state index in [0.717, 1.165) is 0 Å². The Morgan fingerprint density at radius 3 is 2.24 bits per heavy atom. The predicted octanol–water partition coefficient (Wildman–Crippen LogP) is 1.16. The molecule has 1 aromatic rings. The van der Waals surface area contributed by atoms with Gasteiger partial charge in [-0.3, -0.25) is 0 Å². The van der Waals surface area contributed by atoms with Gasteiger partial charge in [0.25, 0.3) is 0 Å². The lowest BCUT2D eigenvalue weighted by molar-refractivity contribution is -0.0450. The molecule has 96 valence electrons. The van der Waals surface area contributed by atoms with E-state index in [4.69, 9.17) is 0 Å². The fourth-order valence-electron chi connectivity index (χ4n) is 1.06. The van der Waals surface area contributed by atoms with Crippen molar-refractivity contribution >= 4 is 10.0 Å². The molecule has 0 aliphatic carbocycles. The number of rotatable bonds is 4. The van der Waals surface area contributed by atoms with Crippen LogP contribution in [0.1, 0.15) is 11.7 Å². The van der Waals surface area contributed by atoms with Crippen molar-refractivity contribution < 1.29 is 26.7 Å². The lowest BCUT2D eigenvalue weighted by Crippen LogP contribution is -2.38. The molecule has 0 bridgehead atoms. The molecule has 4 nitrogen and oxygen atoms in total. The summed E-state index contributed by atoms with van der Waals surface area (Å²) in [6.07, 6.45) is -1.33. The number of hydrogen-bond donors (Lipinski definition) is 2. The third kappa shape index (κ3) is 3.69. The van der Waals surface area contributed by atoms with E-state index >= 15 is 0 Å². The maximum absolute atomic E-state index is 12.0. The first-order chi connectivity index (χ1) is 7.74. The molecule has 0 spiro atoms. The Hall–Kier alpha value is -1.12. The Morgan fingerprint density at radius 1 is 1.24 bits per heavy atom. The molecule has 0 saturated carbocycles. The van der Waals surface area contributed by atoms with E-state index in [2.05, 4.69) is 0 Å². The number of aliphatic hydroxyl groups is 1. The van der Waals surface area contributed by atoms with Crippen molar-refractivity contribution in [2.75, 3.05) is 6.54 Å². The van der Waals surface area contributed by atoms with Crippen LogP contribution in [-0.4, -0.2) is 25.6 Å². The van der Waals surface area contributed by atoms with E-state index in [1.54, 1.807) is 18.2 Å². The van der Waals surface area contributed by atoms with E-state index in [-0.39, 0.29) is 0 Å². The minimum Gasteiger partial charge on any atom is -0.387 e. The monoisotopic (exact) mass is 269 g/mol. The quantitative estimate of drug-likeness (QED) is 0.862. The van der Waals surface area contributed by atoms with Crippen LogP contribution in [0.5, 0.6) is 0 Å². The molecule has 0 fully saturated rings. The standard InChI is InChI=1S/C9H10F3NO3S/c10-9(11,12)17(15,16)13-6-8(14)7-4-2-1-3-5-7/h1-5,8,13-14H,6H2. The van der Waals surface area contributed by atoms with Crippen molar-refractivity contribution in [2.45, 2.75) is 11.6 Å². The average molecular weight is 269 g/mol. The zero-order valence-electron chi connectivity index (χ0n) is 8.48. The maximum atomic E-state index is 12.0. The van der Waals surface area contributed by atoms with E-state index in [1.165, 1.54) is 16.9 Å². The molecule has 17 heavy (non-hydrogen) atoms. The molecule has 0 amide bonds. The summed E-state index contributed by atoms with van der Waals surface area (Å²) in [5.74, 6) is 0. The van der Waals surface area contributed by atoms with E-state index < -0.39 is 28.2 Å². The molecular formula is C9H10F3NO3S. The van der Waals surface area contributed by atoms with Gasteiger partial charge < -0.3 is 5.11 Å². The summed E-state index contributed by atoms with van der Waals surface area (Å²) in [5, 5.41) is 9.46. The normalized spacial score (nSPS) is 14.6. The predicted molar refractivity (Wildman–Crippen MR) is 54.4 cm³/mol. The molecule has 0 radical (unpaired) electrons. The van der Waals surface area contributed by atoms with Gasteiger partial charge in [-0.25, -0.2) is 13.1 Å². The number of alkyl halides is 3. The van der Waals surface area contributed by atoms with Gasteiger partial charge >= 0.3 is 15.5 Å². The number of sulfonamides is 1. The van der Waals surface area contributed by atoms with Crippen LogP contribution in [0, 0.1) is 0 Å². The van der Waals surface area contributed by atoms with E-state index in [1.807, 2.05) is 0 Å². The zero-order valence-corrected chi connectivity index (χ0v) is 9.29. The molecule has 8 heteroatoms. The second kappa shape index (κ2) is 5.03. The van der Waals surface area contributed by atoms with Crippen LogP contribution in [0.4, 0.5) is 13.2 Å². The van der Waals surface area contributed by atoms with Crippen LogP contribution in [-0.2, 0) is 10.0 Å². The summed E-state index contributed by atoms with van der Waals surface area (Å²) in [5.41, 5.74) is -5.04. The van der Waals surface area contributed by atoms with Crippen molar-refractivity contribution in [3.63, 3.8) is 0 Å². The Balaban J connectivity index is 2.64. The Bertz CT molecular complexity index is 458. The lowest BCUT2D eigenvalue weighted by atomic mass is 10.1. The average Bonchev–Trinajstić information content (AvgIpc) is 2.25. The van der Waals surface area contributed by atoms with Crippen LogP contribution in [0.2, 0.25) is 0 Å². The van der Waals surface area contributed by atoms with Gasteiger partial charge in [-0.05, 0) is 5.56 Å². The van der Waals surface area contributed by atoms with Crippen molar-refractivity contribution in [1.82, 2.24) is 4.72 Å². The van der Waals surface area contributed by atoms with Gasteiger partial charge in [0.05, 0.1) is 6.10 Å². The molecule has 1 atom stereocenters. The maximum Gasteiger partial charge on any atom is 0.511 e. The number of hydrogen-bond acceptors (Lipinski definition) is 3. The van der Waals surface area contributed by atoms with Gasteiger partial charge in [0.2, 0.25) is 0 Å². The smallest absolute Gasteiger partial charge is 0.387 e. The largest absolute Gasteiger partial charge is 0.511 e. The van der Waals surface area contributed by atoms with Gasteiger partial charge in [-0.2, -0.15) is 13.2 Å². The highest BCUT2D eigenvalue weighted by Gasteiger charge is 2.45. The number of aliphatic hydroxyl groups excluding tert-OH is 1. The van der Waals surface area contributed by atoms with Crippen molar-refractivity contribution in [3.05, 3.63) is 35.9 Å². The summed E-state index contributed by atoms with van der Waals surface area (Å²) >= 11 is 0. The van der Waals surface area contributed by atoms with Crippen molar-refractivity contribution in [2.24, 2.45) is 0 Å². The Kier molecular flexibility index (Phi) is 4.12. The van der Waals surface area contributed by atoms with Crippen LogP contribution >= 0.6 is 0 Å². The highest BCUT2D eigenvalue weighted by molar-refractivity contribution is 7.90. The van der Waals surface area contributed by atoms with Gasteiger partial charge in [-0.1, -0.05) is 30.3 Å². The molecule has 1 aromatic carbocycles. The molecule has 1 rings (SSSR count). The first kappa shape index (κ1) is 13.9.